The van der Waals surface area contributed by atoms with E-state index >= 15 is 0 Å². The molecule has 1 aromatic carbocycles. The van der Waals surface area contributed by atoms with Crippen LogP contribution in [0.5, 0.6) is 0 Å². The normalized spacial score (nSPS) is 32.0. The number of hydrogen-bond acceptors (Lipinski definition) is 4. The second kappa shape index (κ2) is 7.12. The number of rotatable bonds is 4. The van der Waals surface area contributed by atoms with E-state index in [4.69, 9.17) is 0 Å². The monoisotopic (exact) mass is 351 g/mol. The second-order valence-corrected chi connectivity index (χ2v) is 8.31. The topological polar surface area (TPSA) is 46.0 Å². The molecule has 1 aromatic heterocycles. The Labute approximate surface area is 155 Å². The van der Waals surface area contributed by atoms with Crippen LogP contribution < -0.4 is 5.32 Å². The van der Waals surface area contributed by atoms with Crippen molar-refractivity contribution in [3.63, 3.8) is 0 Å². The van der Waals surface area contributed by atoms with Crippen molar-refractivity contribution in [1.82, 2.24) is 25.2 Å². The molecule has 0 radical (unpaired) electrons. The average molecular weight is 351 g/mol. The molecule has 0 amide bonds. The second-order valence-electron chi connectivity index (χ2n) is 8.31. The molecule has 5 rings (SSSR count). The van der Waals surface area contributed by atoms with Crippen LogP contribution in [0.3, 0.4) is 0 Å². The Bertz CT molecular complexity index is 707. The van der Waals surface area contributed by atoms with Gasteiger partial charge < -0.3 is 5.32 Å². The summed E-state index contributed by atoms with van der Waals surface area (Å²) in [5.74, 6) is 0.732. The van der Waals surface area contributed by atoms with Crippen molar-refractivity contribution in [2.24, 2.45) is 0 Å². The van der Waals surface area contributed by atoms with Gasteiger partial charge in [-0.3, -0.25) is 4.90 Å². The lowest BCUT2D eigenvalue weighted by Gasteiger charge is -2.39. The maximum absolute atomic E-state index is 4.44. The lowest BCUT2D eigenvalue weighted by molar-refractivity contribution is 0.113. The highest BCUT2D eigenvalue weighted by molar-refractivity contribution is 5.22. The van der Waals surface area contributed by atoms with Crippen molar-refractivity contribution in [2.45, 2.75) is 69.1 Å². The minimum Gasteiger partial charge on any atom is -0.315 e. The van der Waals surface area contributed by atoms with Gasteiger partial charge in [0.25, 0.3) is 0 Å². The van der Waals surface area contributed by atoms with E-state index in [1.54, 1.807) is 0 Å². The molecule has 5 heteroatoms. The Morgan fingerprint density at radius 1 is 1.00 bits per heavy atom. The molecular weight excluding hydrogens is 322 g/mol. The fourth-order valence-electron chi connectivity index (χ4n) is 5.44. The largest absolute Gasteiger partial charge is 0.315 e. The van der Waals surface area contributed by atoms with Crippen molar-refractivity contribution in [2.75, 3.05) is 13.1 Å². The molecule has 3 aliphatic rings. The van der Waals surface area contributed by atoms with Gasteiger partial charge in [-0.2, -0.15) is 0 Å². The predicted octanol–water partition coefficient (Wildman–Crippen LogP) is 3.11. The Morgan fingerprint density at radius 3 is 2.54 bits per heavy atom. The molecule has 138 valence electrons. The molecule has 26 heavy (non-hydrogen) atoms. The van der Waals surface area contributed by atoms with Crippen LogP contribution in [0.2, 0.25) is 0 Å². The van der Waals surface area contributed by atoms with Gasteiger partial charge >= 0.3 is 0 Å². The maximum atomic E-state index is 4.44. The molecule has 0 saturated carbocycles. The lowest BCUT2D eigenvalue weighted by Crippen LogP contribution is -2.42. The van der Waals surface area contributed by atoms with E-state index in [0.29, 0.717) is 18.1 Å². The molecular formula is C21H29N5. The van der Waals surface area contributed by atoms with Gasteiger partial charge in [0.2, 0.25) is 0 Å². The summed E-state index contributed by atoms with van der Waals surface area (Å²) in [6.07, 6.45) is 9.74. The van der Waals surface area contributed by atoms with E-state index in [9.17, 15) is 0 Å². The summed E-state index contributed by atoms with van der Waals surface area (Å²) in [6, 6.07) is 13.0. The predicted molar refractivity (Wildman–Crippen MR) is 102 cm³/mol. The molecule has 0 aliphatic carbocycles. The molecule has 4 atom stereocenters. The highest BCUT2D eigenvalue weighted by atomic mass is 15.4. The van der Waals surface area contributed by atoms with Crippen molar-refractivity contribution >= 4 is 0 Å². The van der Waals surface area contributed by atoms with E-state index in [1.807, 2.05) is 6.20 Å². The molecule has 2 aromatic rings. The molecule has 3 saturated heterocycles. The highest BCUT2D eigenvalue weighted by Gasteiger charge is 2.41. The van der Waals surface area contributed by atoms with Crippen molar-refractivity contribution in [1.29, 1.82) is 0 Å². The Kier molecular flexibility index (Phi) is 4.51. The van der Waals surface area contributed by atoms with Gasteiger partial charge in [-0.05, 0) is 56.6 Å². The van der Waals surface area contributed by atoms with Gasteiger partial charge in [-0.15, -0.1) is 5.10 Å². The number of piperidine rings is 2. The summed E-state index contributed by atoms with van der Waals surface area (Å²) < 4.78 is 2.20. The van der Waals surface area contributed by atoms with E-state index in [-0.39, 0.29) is 0 Å². The zero-order valence-electron chi connectivity index (χ0n) is 15.4. The molecule has 5 nitrogen and oxygen atoms in total. The standard InChI is InChI=1S/C21H29N5/c1-2-5-16(6-3-1)17-11-18-8-9-19(12-17)25(18)15-21-14-23-24-26(21)20-7-4-10-22-13-20/h1-3,5-6,14,17-20,22H,4,7-13,15H2/t17?,18-,19+,20?. The number of nitrogens with one attached hydrogen (secondary N) is 1. The van der Waals surface area contributed by atoms with E-state index in [2.05, 4.69) is 55.5 Å². The molecule has 1 N–H and O–H groups in total. The van der Waals surface area contributed by atoms with E-state index < -0.39 is 0 Å². The number of fused-ring (bicyclic) bond motifs is 2. The summed E-state index contributed by atoms with van der Waals surface area (Å²) in [4.78, 5) is 2.75. The van der Waals surface area contributed by atoms with Crippen LogP contribution in [-0.4, -0.2) is 45.1 Å². The molecule has 4 heterocycles. The zero-order valence-corrected chi connectivity index (χ0v) is 15.4. The first kappa shape index (κ1) is 16.5. The van der Waals surface area contributed by atoms with Gasteiger partial charge in [0.05, 0.1) is 17.9 Å². The van der Waals surface area contributed by atoms with E-state index in [0.717, 1.165) is 25.6 Å². The summed E-state index contributed by atoms with van der Waals surface area (Å²) in [5, 5.41) is 12.2. The first-order valence-electron chi connectivity index (χ1n) is 10.3. The fraction of sp³-hybridized carbons (Fsp3) is 0.619. The first-order chi connectivity index (χ1) is 12.9. The minimum absolute atomic E-state index is 0.473. The maximum Gasteiger partial charge on any atom is 0.0738 e. The third-order valence-corrected chi connectivity index (χ3v) is 6.77. The van der Waals surface area contributed by atoms with Crippen LogP contribution in [0.1, 0.15) is 61.7 Å². The van der Waals surface area contributed by atoms with Crippen LogP contribution in [0.15, 0.2) is 36.5 Å². The molecule has 2 bridgehead atoms. The quantitative estimate of drug-likeness (QED) is 0.919. The van der Waals surface area contributed by atoms with Crippen LogP contribution in [-0.2, 0) is 6.54 Å². The lowest BCUT2D eigenvalue weighted by atomic mass is 9.85. The van der Waals surface area contributed by atoms with Crippen LogP contribution in [0, 0.1) is 0 Å². The molecule has 3 fully saturated rings. The zero-order chi connectivity index (χ0) is 17.3. The SMILES string of the molecule is c1ccc(C2C[C@H]3CC[C@@H](C2)N3Cc2cnnn2C2CCCNC2)cc1. The number of aromatic nitrogens is 3. The molecule has 0 spiro atoms. The van der Waals surface area contributed by atoms with Crippen molar-refractivity contribution < 1.29 is 0 Å². The number of benzene rings is 1. The summed E-state index contributed by atoms with van der Waals surface area (Å²) in [7, 11) is 0. The van der Waals surface area contributed by atoms with E-state index in [1.165, 1.54) is 49.8 Å². The Balaban J connectivity index is 1.30. The number of hydrogen-bond donors (Lipinski definition) is 1. The van der Waals surface area contributed by atoms with Crippen LogP contribution >= 0.6 is 0 Å². The van der Waals surface area contributed by atoms with Crippen molar-refractivity contribution in [3.8, 4) is 0 Å². The summed E-state index contributed by atoms with van der Waals surface area (Å²) in [6.45, 7) is 3.18. The minimum atomic E-state index is 0.473. The third-order valence-electron chi connectivity index (χ3n) is 6.77. The molecule has 3 aliphatic heterocycles. The van der Waals surface area contributed by atoms with Crippen molar-refractivity contribution in [3.05, 3.63) is 47.8 Å². The van der Waals surface area contributed by atoms with Crippen LogP contribution in [0.4, 0.5) is 0 Å². The van der Waals surface area contributed by atoms with Gasteiger partial charge in [0.15, 0.2) is 0 Å². The number of nitrogens with zero attached hydrogens (tertiary/aromatic N) is 4. The Hall–Kier alpha value is -1.72. The summed E-state index contributed by atoms with van der Waals surface area (Å²) in [5.41, 5.74) is 2.83. The molecule has 2 unspecified atom stereocenters. The third kappa shape index (κ3) is 3.08. The summed E-state index contributed by atoms with van der Waals surface area (Å²) >= 11 is 0. The van der Waals surface area contributed by atoms with Gasteiger partial charge in [-0.25, -0.2) is 4.68 Å². The average Bonchev–Trinajstić information content (AvgIpc) is 3.25. The van der Waals surface area contributed by atoms with Gasteiger partial charge in [0, 0.05) is 25.2 Å². The fourth-order valence-corrected chi connectivity index (χ4v) is 5.44. The smallest absolute Gasteiger partial charge is 0.0738 e. The van der Waals surface area contributed by atoms with Crippen LogP contribution in [0.25, 0.3) is 0 Å². The van der Waals surface area contributed by atoms with Gasteiger partial charge in [0.1, 0.15) is 0 Å². The van der Waals surface area contributed by atoms with Gasteiger partial charge in [-0.1, -0.05) is 35.5 Å². The first-order valence-corrected chi connectivity index (χ1v) is 10.3. The Morgan fingerprint density at radius 2 is 1.81 bits per heavy atom. The highest BCUT2D eigenvalue weighted by Crippen LogP contribution is 2.43.